The first-order valence-corrected chi connectivity index (χ1v) is 11.4. The van der Waals surface area contributed by atoms with Gasteiger partial charge in [-0.2, -0.15) is 5.26 Å². The number of piperazine rings is 1. The van der Waals surface area contributed by atoms with Crippen LogP contribution >= 0.6 is 0 Å². The van der Waals surface area contributed by atoms with E-state index in [2.05, 4.69) is 4.98 Å². The van der Waals surface area contributed by atoms with Crippen molar-refractivity contribution in [1.82, 2.24) is 9.88 Å². The molecule has 0 spiro atoms. The van der Waals surface area contributed by atoms with Crippen LogP contribution < -0.4 is 9.80 Å². The monoisotopic (exact) mass is 463 g/mol. The summed E-state index contributed by atoms with van der Waals surface area (Å²) in [7, 11) is 0. The third-order valence-corrected chi connectivity index (χ3v) is 5.73. The van der Waals surface area contributed by atoms with Crippen molar-refractivity contribution in [3.63, 3.8) is 0 Å². The number of carbonyl (C=O) groups is 3. The van der Waals surface area contributed by atoms with Crippen LogP contribution in [0.2, 0.25) is 0 Å². The van der Waals surface area contributed by atoms with Crippen molar-refractivity contribution in [1.29, 1.82) is 5.26 Å². The number of nitriles is 1. The number of hydrogen-bond acceptors (Lipinski definition) is 7. The molecule has 34 heavy (non-hydrogen) atoms. The maximum atomic E-state index is 13.3. The number of para-hydroxylation sites is 1. The van der Waals surface area contributed by atoms with Gasteiger partial charge in [-0.05, 0) is 38.1 Å². The second kappa shape index (κ2) is 11.8. The van der Waals surface area contributed by atoms with Gasteiger partial charge < -0.3 is 19.4 Å². The number of aromatic nitrogens is 1. The minimum absolute atomic E-state index is 0.129. The van der Waals surface area contributed by atoms with Crippen molar-refractivity contribution < 1.29 is 19.1 Å². The van der Waals surface area contributed by atoms with Gasteiger partial charge in [-0.3, -0.25) is 14.4 Å². The third kappa shape index (κ3) is 5.90. The van der Waals surface area contributed by atoms with Crippen LogP contribution in [-0.4, -0.2) is 67.0 Å². The average Bonchev–Trinajstić information content (AvgIpc) is 2.88. The largest absolute Gasteiger partial charge is 0.465 e. The molecule has 0 saturated carbocycles. The number of pyridine rings is 1. The lowest BCUT2D eigenvalue weighted by Gasteiger charge is -2.36. The van der Waals surface area contributed by atoms with Gasteiger partial charge in [0.2, 0.25) is 11.8 Å². The smallest absolute Gasteiger partial charge is 0.319 e. The molecule has 1 atom stereocenters. The molecular formula is C25H29N5O4. The minimum atomic E-state index is -1.20. The molecule has 1 aromatic carbocycles. The van der Waals surface area contributed by atoms with Crippen molar-refractivity contribution in [2.75, 3.05) is 49.1 Å². The fourth-order valence-electron chi connectivity index (χ4n) is 3.90. The van der Waals surface area contributed by atoms with Gasteiger partial charge >= 0.3 is 5.97 Å². The molecule has 1 fully saturated rings. The zero-order valence-electron chi connectivity index (χ0n) is 19.5. The van der Waals surface area contributed by atoms with E-state index >= 15 is 0 Å². The molecule has 2 heterocycles. The Morgan fingerprint density at radius 2 is 1.79 bits per heavy atom. The van der Waals surface area contributed by atoms with E-state index in [0.717, 1.165) is 5.82 Å². The van der Waals surface area contributed by atoms with Crippen LogP contribution in [0.1, 0.15) is 25.8 Å². The fourth-order valence-corrected chi connectivity index (χ4v) is 3.90. The zero-order chi connectivity index (χ0) is 24.5. The highest BCUT2D eigenvalue weighted by Gasteiger charge is 2.36. The topological polar surface area (TPSA) is 107 Å². The number of anilines is 2. The van der Waals surface area contributed by atoms with Gasteiger partial charge in [-0.15, -0.1) is 0 Å². The molecule has 1 aliphatic rings. The summed E-state index contributed by atoms with van der Waals surface area (Å²) < 4.78 is 5.14. The van der Waals surface area contributed by atoms with Crippen molar-refractivity contribution in [3.05, 3.63) is 54.2 Å². The van der Waals surface area contributed by atoms with Crippen LogP contribution in [-0.2, 0) is 19.1 Å². The number of nitrogens with zero attached hydrogens (tertiary/aromatic N) is 5. The Morgan fingerprint density at radius 1 is 1.09 bits per heavy atom. The van der Waals surface area contributed by atoms with Crippen molar-refractivity contribution in [3.8, 4) is 6.07 Å². The molecule has 178 valence electrons. The molecule has 1 unspecified atom stereocenters. The molecule has 3 rings (SSSR count). The number of carbonyl (C=O) groups excluding carboxylic acids is 3. The molecule has 0 radical (unpaired) electrons. The Kier molecular flexibility index (Phi) is 8.57. The lowest BCUT2D eigenvalue weighted by molar-refractivity contribution is -0.154. The summed E-state index contributed by atoms with van der Waals surface area (Å²) in [5.41, 5.74) is 1.16. The minimum Gasteiger partial charge on any atom is -0.465 e. The van der Waals surface area contributed by atoms with Crippen LogP contribution in [0.5, 0.6) is 0 Å². The van der Waals surface area contributed by atoms with Gasteiger partial charge in [0.05, 0.1) is 12.2 Å². The zero-order valence-corrected chi connectivity index (χ0v) is 19.5. The van der Waals surface area contributed by atoms with Crippen LogP contribution in [0.25, 0.3) is 0 Å². The van der Waals surface area contributed by atoms with E-state index in [1.165, 1.54) is 11.1 Å². The van der Waals surface area contributed by atoms with Gasteiger partial charge in [-0.25, -0.2) is 4.98 Å². The highest BCUT2D eigenvalue weighted by molar-refractivity contribution is 6.08. The summed E-state index contributed by atoms with van der Waals surface area (Å²) in [5.74, 6) is -1.85. The van der Waals surface area contributed by atoms with E-state index < -0.39 is 17.8 Å². The Hall–Kier alpha value is -3.93. The highest BCUT2D eigenvalue weighted by atomic mass is 16.5. The van der Waals surface area contributed by atoms with E-state index in [0.29, 0.717) is 44.0 Å². The third-order valence-electron chi connectivity index (χ3n) is 5.73. The Bertz CT molecular complexity index is 1030. The molecule has 1 aliphatic heterocycles. The van der Waals surface area contributed by atoms with E-state index in [4.69, 9.17) is 10.00 Å². The average molecular weight is 464 g/mol. The number of ether oxygens (including phenoxy) is 1. The first-order valence-electron chi connectivity index (χ1n) is 11.4. The lowest BCUT2D eigenvalue weighted by Crippen LogP contribution is -2.50. The number of amides is 2. The number of rotatable bonds is 8. The van der Waals surface area contributed by atoms with Crippen molar-refractivity contribution in [2.24, 2.45) is 5.92 Å². The predicted molar refractivity (Wildman–Crippen MR) is 127 cm³/mol. The Morgan fingerprint density at radius 3 is 2.35 bits per heavy atom. The van der Waals surface area contributed by atoms with Crippen molar-refractivity contribution in [2.45, 2.75) is 20.3 Å². The molecule has 0 aliphatic carbocycles. The quantitative estimate of drug-likeness (QED) is 0.436. The fraction of sp³-hybridized carbons (Fsp3) is 0.400. The summed E-state index contributed by atoms with van der Waals surface area (Å²) in [6.45, 7) is 6.01. The molecule has 9 nitrogen and oxygen atoms in total. The molecule has 1 saturated heterocycles. The van der Waals surface area contributed by atoms with Crippen LogP contribution in [0, 0.1) is 17.2 Å². The van der Waals surface area contributed by atoms with Crippen LogP contribution in [0.15, 0.2) is 48.7 Å². The van der Waals surface area contributed by atoms with E-state index in [9.17, 15) is 14.4 Å². The SMILES string of the molecule is CCOC(=O)C(CC(=O)N1CCN(c2ccc(C#N)cn2)CC1)C(=O)N(CC)c1ccccc1. The van der Waals surface area contributed by atoms with Crippen LogP contribution in [0.3, 0.4) is 0 Å². The Labute approximate surface area is 199 Å². The molecule has 0 bridgehead atoms. The van der Waals surface area contributed by atoms with Gasteiger partial charge in [0.25, 0.3) is 0 Å². The molecule has 2 aromatic rings. The van der Waals surface area contributed by atoms with Gasteiger partial charge in [0, 0.05) is 51.0 Å². The van der Waals surface area contributed by atoms with Gasteiger partial charge in [0.1, 0.15) is 17.8 Å². The normalized spacial score (nSPS) is 14.1. The summed E-state index contributed by atoms with van der Waals surface area (Å²) in [6.07, 6.45) is 1.28. The summed E-state index contributed by atoms with van der Waals surface area (Å²) in [4.78, 5) is 48.6. The van der Waals surface area contributed by atoms with Gasteiger partial charge in [-0.1, -0.05) is 18.2 Å². The first kappa shape index (κ1) is 24.7. The molecule has 1 aromatic heterocycles. The first-order chi connectivity index (χ1) is 16.5. The van der Waals surface area contributed by atoms with E-state index in [1.807, 2.05) is 36.1 Å². The van der Waals surface area contributed by atoms with Crippen molar-refractivity contribution >= 4 is 29.3 Å². The highest BCUT2D eigenvalue weighted by Crippen LogP contribution is 2.21. The lowest BCUT2D eigenvalue weighted by atomic mass is 10.0. The van der Waals surface area contributed by atoms with Gasteiger partial charge in [0.15, 0.2) is 0 Å². The second-order valence-electron chi connectivity index (χ2n) is 7.81. The number of hydrogen-bond donors (Lipinski definition) is 0. The molecule has 9 heteroatoms. The summed E-state index contributed by atoms with van der Waals surface area (Å²) >= 11 is 0. The van der Waals surface area contributed by atoms with E-state index in [1.54, 1.807) is 36.1 Å². The molecular weight excluding hydrogens is 434 g/mol. The predicted octanol–water partition coefficient (Wildman–Crippen LogP) is 2.22. The molecule has 0 N–H and O–H groups in total. The second-order valence-corrected chi connectivity index (χ2v) is 7.81. The Balaban J connectivity index is 1.67. The summed E-state index contributed by atoms with van der Waals surface area (Å²) in [6, 6.07) is 14.6. The number of benzene rings is 1. The van der Waals surface area contributed by atoms with Crippen LogP contribution in [0.4, 0.5) is 11.5 Å². The molecule has 2 amide bonds. The van der Waals surface area contributed by atoms with E-state index in [-0.39, 0.29) is 18.9 Å². The maximum Gasteiger partial charge on any atom is 0.319 e. The standard InChI is InChI=1S/C25H29N5O4/c1-3-30(20-8-6-5-7-9-20)24(32)21(25(33)34-4-2)16-23(31)29-14-12-28(13-15-29)22-11-10-19(17-26)18-27-22/h5-11,18,21H,3-4,12-16H2,1-2H3. The summed E-state index contributed by atoms with van der Waals surface area (Å²) in [5, 5.41) is 8.93. The maximum absolute atomic E-state index is 13.3. The number of esters is 1.